The predicted octanol–water partition coefficient (Wildman–Crippen LogP) is 2.99. The van der Waals surface area contributed by atoms with Gasteiger partial charge in [0.25, 0.3) is 0 Å². The Bertz CT molecular complexity index is 348. The van der Waals surface area contributed by atoms with E-state index >= 15 is 0 Å². The second-order valence-corrected chi connectivity index (χ2v) is 5.74. The molecule has 0 aromatic heterocycles. The van der Waals surface area contributed by atoms with Crippen molar-refractivity contribution in [1.29, 1.82) is 0 Å². The fourth-order valence-corrected chi connectivity index (χ4v) is 2.93. The molecule has 1 fully saturated rings. The molecule has 1 aromatic rings. The summed E-state index contributed by atoms with van der Waals surface area (Å²) in [5, 5.41) is 3.49. The van der Waals surface area contributed by atoms with Crippen molar-refractivity contribution >= 4 is 0 Å². The fourth-order valence-electron chi connectivity index (χ4n) is 2.93. The minimum Gasteiger partial charge on any atom is -0.315 e. The summed E-state index contributed by atoms with van der Waals surface area (Å²) in [6.45, 7) is 11.5. The van der Waals surface area contributed by atoms with Gasteiger partial charge in [-0.05, 0) is 31.4 Å². The Morgan fingerprint density at radius 1 is 1.06 bits per heavy atom. The van der Waals surface area contributed by atoms with Gasteiger partial charge in [0, 0.05) is 25.7 Å². The lowest BCUT2D eigenvalue weighted by Crippen LogP contribution is -2.35. The first-order valence-electron chi connectivity index (χ1n) is 7.20. The van der Waals surface area contributed by atoms with Crippen molar-refractivity contribution in [2.75, 3.05) is 26.2 Å². The molecule has 0 aliphatic carbocycles. The molecule has 1 saturated heterocycles. The highest BCUT2D eigenvalue weighted by atomic mass is 15.2. The first-order valence-corrected chi connectivity index (χ1v) is 7.20. The molecule has 1 heterocycles. The topological polar surface area (TPSA) is 15.3 Å². The van der Waals surface area contributed by atoms with Crippen LogP contribution in [0.1, 0.15) is 37.4 Å². The van der Waals surface area contributed by atoms with Crippen LogP contribution in [0.4, 0.5) is 0 Å². The van der Waals surface area contributed by atoms with Crippen LogP contribution in [0.2, 0.25) is 0 Å². The number of hydrogen-bond donors (Lipinski definition) is 1. The Kier molecular flexibility index (Phi) is 4.79. The molecule has 2 nitrogen and oxygen atoms in total. The van der Waals surface area contributed by atoms with Crippen molar-refractivity contribution in [3.63, 3.8) is 0 Å². The van der Waals surface area contributed by atoms with Crippen LogP contribution in [0.3, 0.4) is 0 Å². The third-order valence-electron chi connectivity index (χ3n) is 3.82. The number of nitrogens with zero attached hydrogens (tertiary/aromatic N) is 1. The second kappa shape index (κ2) is 6.35. The van der Waals surface area contributed by atoms with E-state index < -0.39 is 0 Å². The van der Waals surface area contributed by atoms with Crippen LogP contribution in [-0.4, -0.2) is 31.1 Å². The highest BCUT2D eigenvalue weighted by Gasteiger charge is 2.23. The van der Waals surface area contributed by atoms with E-state index in [0.29, 0.717) is 12.0 Å². The van der Waals surface area contributed by atoms with Gasteiger partial charge in [-0.1, -0.05) is 43.7 Å². The number of aryl methyl sites for hydroxylation is 1. The number of nitrogens with one attached hydrogen (secondary N) is 1. The summed E-state index contributed by atoms with van der Waals surface area (Å²) in [6, 6.07) is 9.64. The lowest BCUT2D eigenvalue weighted by Gasteiger charge is -2.34. The molecule has 2 heteroatoms. The van der Waals surface area contributed by atoms with Gasteiger partial charge >= 0.3 is 0 Å². The number of hydrogen-bond acceptors (Lipinski definition) is 2. The first-order chi connectivity index (χ1) is 8.68. The summed E-state index contributed by atoms with van der Waals surface area (Å²) in [7, 11) is 0. The molecule has 0 bridgehead atoms. The maximum absolute atomic E-state index is 3.49. The summed E-state index contributed by atoms with van der Waals surface area (Å²) in [5.41, 5.74) is 2.82. The molecule has 1 aliphatic heterocycles. The van der Waals surface area contributed by atoms with Gasteiger partial charge in [0.2, 0.25) is 0 Å². The number of rotatable bonds is 3. The van der Waals surface area contributed by atoms with E-state index in [1.54, 1.807) is 0 Å². The maximum Gasteiger partial charge on any atom is 0.0371 e. The van der Waals surface area contributed by atoms with E-state index in [1.807, 2.05) is 0 Å². The van der Waals surface area contributed by atoms with Crippen LogP contribution < -0.4 is 5.32 Å². The van der Waals surface area contributed by atoms with Gasteiger partial charge in [-0.15, -0.1) is 0 Å². The van der Waals surface area contributed by atoms with Gasteiger partial charge in [0.1, 0.15) is 0 Å². The van der Waals surface area contributed by atoms with Crippen molar-refractivity contribution in [1.82, 2.24) is 10.2 Å². The van der Waals surface area contributed by atoms with Gasteiger partial charge in [-0.25, -0.2) is 0 Å². The Balaban J connectivity index is 2.18. The normalized spacial score (nSPS) is 19.8. The fraction of sp³-hybridized carbons (Fsp3) is 0.625. The van der Waals surface area contributed by atoms with E-state index in [4.69, 9.17) is 0 Å². The quantitative estimate of drug-likeness (QED) is 0.882. The molecule has 1 aromatic carbocycles. The number of benzene rings is 1. The molecular formula is C16H26N2. The molecule has 0 radical (unpaired) electrons. The minimum atomic E-state index is 0.561. The van der Waals surface area contributed by atoms with Crippen molar-refractivity contribution in [2.45, 2.75) is 33.2 Å². The first kappa shape index (κ1) is 13.6. The minimum absolute atomic E-state index is 0.561. The van der Waals surface area contributed by atoms with Crippen LogP contribution >= 0.6 is 0 Å². The molecule has 1 N–H and O–H groups in total. The Labute approximate surface area is 111 Å². The molecule has 1 atom stereocenters. The van der Waals surface area contributed by atoms with Crippen molar-refractivity contribution < 1.29 is 0 Å². The van der Waals surface area contributed by atoms with Crippen molar-refractivity contribution in [3.8, 4) is 0 Å². The molecule has 0 saturated carbocycles. The summed E-state index contributed by atoms with van der Waals surface area (Å²) in [6.07, 6.45) is 1.26. The SMILES string of the molecule is Cc1ccc(C(C(C)C)N2CCCNCC2)cc1. The summed E-state index contributed by atoms with van der Waals surface area (Å²) < 4.78 is 0. The monoisotopic (exact) mass is 246 g/mol. The highest BCUT2D eigenvalue weighted by molar-refractivity contribution is 5.24. The van der Waals surface area contributed by atoms with E-state index in [0.717, 1.165) is 19.6 Å². The van der Waals surface area contributed by atoms with E-state index in [1.165, 1.54) is 24.1 Å². The molecule has 0 spiro atoms. The zero-order valence-electron chi connectivity index (χ0n) is 11.9. The largest absolute Gasteiger partial charge is 0.315 e. The second-order valence-electron chi connectivity index (χ2n) is 5.74. The van der Waals surface area contributed by atoms with Gasteiger partial charge in [0.15, 0.2) is 0 Å². The Morgan fingerprint density at radius 2 is 1.78 bits per heavy atom. The van der Waals surface area contributed by atoms with Crippen molar-refractivity contribution in [2.24, 2.45) is 5.92 Å². The third kappa shape index (κ3) is 3.33. The third-order valence-corrected chi connectivity index (χ3v) is 3.82. The molecule has 1 aliphatic rings. The standard InChI is InChI=1S/C16H26N2/c1-13(2)16(15-7-5-14(3)6-8-15)18-11-4-9-17-10-12-18/h5-8,13,16-17H,4,9-12H2,1-3H3. The highest BCUT2D eigenvalue weighted by Crippen LogP contribution is 2.29. The van der Waals surface area contributed by atoms with Crippen molar-refractivity contribution in [3.05, 3.63) is 35.4 Å². The zero-order chi connectivity index (χ0) is 13.0. The molecule has 0 amide bonds. The van der Waals surface area contributed by atoms with Gasteiger partial charge in [-0.3, -0.25) is 4.90 Å². The lowest BCUT2D eigenvalue weighted by molar-refractivity contribution is 0.166. The summed E-state index contributed by atoms with van der Waals surface area (Å²) in [4.78, 5) is 2.65. The Morgan fingerprint density at radius 3 is 2.44 bits per heavy atom. The van der Waals surface area contributed by atoms with Crippen LogP contribution in [0.25, 0.3) is 0 Å². The zero-order valence-corrected chi connectivity index (χ0v) is 11.9. The van der Waals surface area contributed by atoms with Gasteiger partial charge in [0.05, 0.1) is 0 Å². The lowest BCUT2D eigenvalue weighted by atomic mass is 9.93. The summed E-state index contributed by atoms with van der Waals surface area (Å²) >= 11 is 0. The molecule has 100 valence electrons. The Hall–Kier alpha value is -0.860. The predicted molar refractivity (Wildman–Crippen MR) is 77.8 cm³/mol. The maximum atomic E-state index is 3.49. The average Bonchev–Trinajstić information content (AvgIpc) is 2.60. The molecular weight excluding hydrogens is 220 g/mol. The van der Waals surface area contributed by atoms with E-state index in [2.05, 4.69) is 55.3 Å². The van der Waals surface area contributed by atoms with Gasteiger partial charge < -0.3 is 5.32 Å². The summed E-state index contributed by atoms with van der Waals surface area (Å²) in [5.74, 6) is 0.658. The molecule has 1 unspecified atom stereocenters. The van der Waals surface area contributed by atoms with E-state index in [9.17, 15) is 0 Å². The van der Waals surface area contributed by atoms with E-state index in [-0.39, 0.29) is 0 Å². The van der Waals surface area contributed by atoms with Gasteiger partial charge in [-0.2, -0.15) is 0 Å². The van der Waals surface area contributed by atoms with Crippen LogP contribution in [0.5, 0.6) is 0 Å². The van der Waals surface area contributed by atoms with Crippen LogP contribution in [0.15, 0.2) is 24.3 Å². The van der Waals surface area contributed by atoms with Crippen LogP contribution in [0, 0.1) is 12.8 Å². The smallest absolute Gasteiger partial charge is 0.0371 e. The molecule has 18 heavy (non-hydrogen) atoms. The average molecular weight is 246 g/mol. The van der Waals surface area contributed by atoms with Crippen LogP contribution in [-0.2, 0) is 0 Å². The molecule has 2 rings (SSSR count).